The van der Waals surface area contributed by atoms with Gasteiger partial charge in [0.2, 0.25) is 0 Å². The van der Waals surface area contributed by atoms with E-state index in [1.165, 1.54) is 12.8 Å². The average Bonchev–Trinajstić information content (AvgIpc) is 2.17. The highest BCUT2D eigenvalue weighted by molar-refractivity contribution is 4.85. The topological polar surface area (TPSA) is 15.3 Å². The summed E-state index contributed by atoms with van der Waals surface area (Å²) in [6.07, 6.45) is 4.36. The van der Waals surface area contributed by atoms with Crippen molar-refractivity contribution in [3.63, 3.8) is 0 Å². The maximum Gasteiger partial charge on any atom is 0.120 e. The van der Waals surface area contributed by atoms with Gasteiger partial charge in [0.25, 0.3) is 0 Å². The van der Waals surface area contributed by atoms with Crippen molar-refractivity contribution in [1.82, 2.24) is 10.2 Å². The fraction of sp³-hybridized carbons (Fsp3) is 1.00. The van der Waals surface area contributed by atoms with E-state index in [0.717, 1.165) is 44.9 Å². The molecule has 3 heteroatoms. The molecule has 88 valence electrons. The Morgan fingerprint density at radius 1 is 1.47 bits per heavy atom. The van der Waals surface area contributed by atoms with Crippen molar-refractivity contribution < 1.29 is 4.39 Å². The Hall–Kier alpha value is -0.150. The molecule has 0 bridgehead atoms. The maximum absolute atomic E-state index is 13.8. The number of hydrogen-bond acceptors (Lipinski definition) is 2. The van der Waals surface area contributed by atoms with Gasteiger partial charge in [0.1, 0.15) is 5.67 Å². The van der Waals surface area contributed by atoms with Crippen molar-refractivity contribution >= 4 is 0 Å². The smallest absolute Gasteiger partial charge is 0.120 e. The van der Waals surface area contributed by atoms with Gasteiger partial charge >= 0.3 is 0 Å². The predicted molar refractivity (Wildman–Crippen MR) is 60.8 cm³/mol. The quantitative estimate of drug-likeness (QED) is 0.754. The van der Waals surface area contributed by atoms with E-state index < -0.39 is 5.67 Å². The van der Waals surface area contributed by atoms with Crippen LogP contribution < -0.4 is 5.32 Å². The summed E-state index contributed by atoms with van der Waals surface area (Å²) in [5, 5.41) is 3.42. The van der Waals surface area contributed by atoms with Crippen LogP contribution in [0.1, 0.15) is 32.6 Å². The molecule has 0 saturated carbocycles. The van der Waals surface area contributed by atoms with E-state index in [0.29, 0.717) is 6.54 Å². The summed E-state index contributed by atoms with van der Waals surface area (Å²) in [6.45, 7) is 6.86. The standard InChI is InChI=1S/C12H23FN2/c1-12(13)5-3-7-15(10-12)9-11-4-2-6-14-8-11/h11,14H,2-10H2,1H3. The minimum absolute atomic E-state index is 0.642. The molecule has 2 heterocycles. The van der Waals surface area contributed by atoms with E-state index in [9.17, 15) is 4.39 Å². The maximum atomic E-state index is 13.8. The van der Waals surface area contributed by atoms with Crippen molar-refractivity contribution in [1.29, 1.82) is 0 Å². The van der Waals surface area contributed by atoms with E-state index in [4.69, 9.17) is 0 Å². The zero-order chi connectivity index (χ0) is 10.7. The molecular weight excluding hydrogens is 191 g/mol. The van der Waals surface area contributed by atoms with Gasteiger partial charge in [-0.25, -0.2) is 4.39 Å². The van der Waals surface area contributed by atoms with Gasteiger partial charge in [-0.1, -0.05) is 0 Å². The highest BCUT2D eigenvalue weighted by atomic mass is 19.1. The van der Waals surface area contributed by atoms with Gasteiger partial charge in [-0.2, -0.15) is 0 Å². The first-order valence-electron chi connectivity index (χ1n) is 6.28. The number of nitrogens with zero attached hydrogens (tertiary/aromatic N) is 1. The lowest BCUT2D eigenvalue weighted by atomic mass is 9.94. The largest absolute Gasteiger partial charge is 0.316 e. The summed E-state index contributed by atoms with van der Waals surface area (Å²) < 4.78 is 13.8. The van der Waals surface area contributed by atoms with Crippen LogP contribution in [0, 0.1) is 5.92 Å². The van der Waals surface area contributed by atoms with E-state index in [2.05, 4.69) is 10.2 Å². The van der Waals surface area contributed by atoms with E-state index >= 15 is 0 Å². The van der Waals surface area contributed by atoms with Crippen LogP contribution in [-0.4, -0.2) is 43.3 Å². The van der Waals surface area contributed by atoms with E-state index in [-0.39, 0.29) is 0 Å². The van der Waals surface area contributed by atoms with Gasteiger partial charge in [-0.15, -0.1) is 0 Å². The SMILES string of the molecule is CC1(F)CCCN(CC2CCCNC2)C1. The third kappa shape index (κ3) is 3.42. The van der Waals surface area contributed by atoms with Gasteiger partial charge in [-0.05, 0) is 58.2 Å². The van der Waals surface area contributed by atoms with Gasteiger partial charge < -0.3 is 5.32 Å². The lowest BCUT2D eigenvalue weighted by molar-refractivity contribution is 0.0491. The van der Waals surface area contributed by atoms with Crippen LogP contribution in [0.2, 0.25) is 0 Å². The van der Waals surface area contributed by atoms with Crippen LogP contribution in [0.25, 0.3) is 0 Å². The summed E-state index contributed by atoms with van der Waals surface area (Å²) in [4.78, 5) is 2.32. The molecule has 1 N–H and O–H groups in total. The Kier molecular flexibility index (Phi) is 3.62. The fourth-order valence-corrected chi connectivity index (χ4v) is 2.90. The summed E-state index contributed by atoms with van der Waals surface area (Å²) in [6, 6.07) is 0. The van der Waals surface area contributed by atoms with Gasteiger partial charge in [0, 0.05) is 13.1 Å². The summed E-state index contributed by atoms with van der Waals surface area (Å²) in [5.74, 6) is 0.743. The molecular formula is C12H23FN2. The lowest BCUT2D eigenvalue weighted by Gasteiger charge is -2.37. The second-order valence-electron chi connectivity index (χ2n) is 5.46. The van der Waals surface area contributed by atoms with Gasteiger partial charge in [0.15, 0.2) is 0 Å². The van der Waals surface area contributed by atoms with Crippen molar-refractivity contribution in [3.05, 3.63) is 0 Å². The van der Waals surface area contributed by atoms with Crippen molar-refractivity contribution in [2.24, 2.45) is 5.92 Å². The highest BCUT2D eigenvalue weighted by Crippen LogP contribution is 2.25. The average molecular weight is 214 g/mol. The zero-order valence-corrected chi connectivity index (χ0v) is 9.77. The van der Waals surface area contributed by atoms with Crippen LogP contribution in [0.15, 0.2) is 0 Å². The molecule has 2 unspecified atom stereocenters. The molecule has 0 aromatic heterocycles. The molecule has 2 fully saturated rings. The molecule has 15 heavy (non-hydrogen) atoms. The first kappa shape index (κ1) is 11.3. The molecule has 0 radical (unpaired) electrons. The summed E-state index contributed by atoms with van der Waals surface area (Å²) >= 11 is 0. The molecule has 2 nitrogen and oxygen atoms in total. The zero-order valence-electron chi connectivity index (χ0n) is 9.77. The van der Waals surface area contributed by atoms with Gasteiger partial charge in [-0.3, -0.25) is 4.90 Å². The number of rotatable bonds is 2. The monoisotopic (exact) mass is 214 g/mol. The first-order valence-corrected chi connectivity index (χ1v) is 6.28. The molecule has 0 amide bonds. The van der Waals surface area contributed by atoms with Crippen molar-refractivity contribution in [2.75, 3.05) is 32.7 Å². The Bertz CT molecular complexity index is 200. The third-order valence-corrected chi connectivity index (χ3v) is 3.64. The Morgan fingerprint density at radius 3 is 3.00 bits per heavy atom. The van der Waals surface area contributed by atoms with Crippen LogP contribution >= 0.6 is 0 Å². The molecule has 0 aliphatic carbocycles. The molecule has 0 spiro atoms. The number of nitrogens with one attached hydrogen (secondary N) is 1. The van der Waals surface area contributed by atoms with E-state index in [1.54, 1.807) is 6.92 Å². The molecule has 0 aromatic carbocycles. The van der Waals surface area contributed by atoms with Crippen molar-refractivity contribution in [3.8, 4) is 0 Å². The number of halogens is 1. The van der Waals surface area contributed by atoms with Crippen LogP contribution in [0.4, 0.5) is 4.39 Å². The molecule has 2 rings (SSSR count). The Balaban J connectivity index is 1.78. The second-order valence-corrected chi connectivity index (χ2v) is 5.46. The molecule has 0 aromatic rings. The van der Waals surface area contributed by atoms with Crippen LogP contribution in [0.3, 0.4) is 0 Å². The Labute approximate surface area is 92.2 Å². The number of likely N-dealkylation sites (tertiary alicyclic amines) is 1. The number of alkyl halides is 1. The molecule has 2 atom stereocenters. The first-order chi connectivity index (χ1) is 7.16. The minimum atomic E-state index is -0.944. The van der Waals surface area contributed by atoms with Crippen LogP contribution in [-0.2, 0) is 0 Å². The van der Waals surface area contributed by atoms with Crippen LogP contribution in [0.5, 0.6) is 0 Å². The van der Waals surface area contributed by atoms with Gasteiger partial charge in [0.05, 0.1) is 0 Å². The highest BCUT2D eigenvalue weighted by Gasteiger charge is 2.31. The summed E-state index contributed by atoms with van der Waals surface area (Å²) in [7, 11) is 0. The minimum Gasteiger partial charge on any atom is -0.316 e. The molecule has 2 aliphatic rings. The Morgan fingerprint density at radius 2 is 2.33 bits per heavy atom. The normalized spacial score (nSPS) is 39.2. The molecule has 2 saturated heterocycles. The number of piperidine rings is 2. The predicted octanol–water partition coefficient (Wildman–Crippen LogP) is 1.81. The molecule has 2 aliphatic heterocycles. The lowest BCUT2D eigenvalue weighted by Crippen LogP contribution is -2.47. The number of hydrogen-bond donors (Lipinski definition) is 1. The van der Waals surface area contributed by atoms with Crippen molar-refractivity contribution in [2.45, 2.75) is 38.3 Å². The summed E-state index contributed by atoms with van der Waals surface area (Å²) in [5.41, 5.74) is -0.944. The fourth-order valence-electron chi connectivity index (χ4n) is 2.90. The second kappa shape index (κ2) is 4.79. The third-order valence-electron chi connectivity index (χ3n) is 3.64. The van der Waals surface area contributed by atoms with E-state index in [1.807, 2.05) is 0 Å².